The van der Waals surface area contributed by atoms with Crippen molar-refractivity contribution < 1.29 is 56.3 Å². The number of hydrogen-bond acceptors (Lipinski definition) is 10. The SMILES string of the molecule is CSCC[C@@H](C(=O)O)N(C(=O)CNC(=O)[C@@H](CCCCN)NC(=O)[C@@H](N)Cc1ccc(O)cc1)C(=O)[C@@](F)(N(F)F)C(F)(F)c1ccccc1. The van der Waals surface area contributed by atoms with Crippen LogP contribution in [0, 0.1) is 0 Å². The molecule has 50 heavy (non-hydrogen) atoms. The van der Waals surface area contributed by atoms with Gasteiger partial charge in [-0.05, 0) is 68.4 Å². The minimum atomic E-state index is -5.58. The second kappa shape index (κ2) is 19.2. The number of nitrogens with two attached hydrogens (primary N) is 2. The maximum absolute atomic E-state index is 15.9. The predicted octanol–water partition coefficient (Wildman–Crippen LogP) is 2.08. The Labute approximate surface area is 288 Å². The number of carboxylic acid groups (broad SMARTS) is 1. The largest absolute Gasteiger partial charge is 0.508 e. The van der Waals surface area contributed by atoms with Gasteiger partial charge >= 0.3 is 17.7 Å². The average Bonchev–Trinajstić information content (AvgIpc) is 3.08. The second-order valence-corrected chi connectivity index (χ2v) is 12.0. The number of aromatic hydroxyl groups is 1. The Hall–Kier alpha value is -4.33. The number of phenols is 1. The number of halogens is 5. The quantitative estimate of drug-likeness (QED) is 0.0503. The number of nitrogens with one attached hydrogen (secondary N) is 2. The number of carbonyl (C=O) groups is 5. The second-order valence-electron chi connectivity index (χ2n) is 11.0. The first kappa shape index (κ1) is 41.8. The van der Waals surface area contributed by atoms with E-state index >= 15 is 13.2 Å². The fourth-order valence-electron chi connectivity index (χ4n) is 4.72. The van der Waals surface area contributed by atoms with Crippen LogP contribution in [-0.4, -0.2) is 99.1 Å². The van der Waals surface area contributed by atoms with Crippen LogP contribution in [0.5, 0.6) is 5.75 Å². The highest BCUT2D eigenvalue weighted by Gasteiger charge is 2.70. The van der Waals surface area contributed by atoms with E-state index in [-0.39, 0.29) is 37.3 Å². The Morgan fingerprint density at radius 1 is 0.940 bits per heavy atom. The van der Waals surface area contributed by atoms with Crippen LogP contribution in [-0.2, 0) is 36.3 Å². The van der Waals surface area contributed by atoms with Crippen LogP contribution in [0.4, 0.5) is 22.1 Å². The monoisotopic (exact) mass is 734 g/mol. The fourth-order valence-corrected chi connectivity index (χ4v) is 5.18. The standard InChI is InChI=1S/C31H39F5N6O7S/c1-50-16-14-24(28(47)48)41(29(49)31(34,42(35)36)30(32,33)20-7-3-2-4-8-20)25(44)18-39-27(46)23(9-5-6-15-37)40-26(45)22(38)17-19-10-12-21(43)13-11-19/h2-4,7-8,10-13,22-24,43H,5-6,9,14-18,37-38H2,1H3,(H,39,46)(H,40,45)(H,47,48)/t22-,23+,24-,31+/m0/s1. The van der Waals surface area contributed by atoms with Crippen molar-refractivity contribution in [2.75, 3.05) is 25.1 Å². The minimum absolute atomic E-state index is 0.00973. The molecule has 0 radical (unpaired) electrons. The van der Waals surface area contributed by atoms with E-state index in [1.165, 1.54) is 36.6 Å². The number of alkyl halides is 3. The van der Waals surface area contributed by atoms with Crippen LogP contribution >= 0.6 is 11.8 Å². The fraction of sp³-hybridized carbons (Fsp3) is 0.452. The number of nitrogens with zero attached hydrogens (tertiary/aromatic N) is 2. The molecule has 0 saturated carbocycles. The normalized spacial score (nSPS) is 14.6. The molecule has 4 amide bonds. The Balaban J connectivity index is 2.39. The molecule has 0 aliphatic rings. The molecule has 0 spiro atoms. The summed E-state index contributed by atoms with van der Waals surface area (Å²) in [6.07, 6.45) is 1.43. The van der Waals surface area contributed by atoms with Crippen LogP contribution < -0.4 is 22.1 Å². The number of rotatable bonds is 20. The summed E-state index contributed by atoms with van der Waals surface area (Å²) in [6.45, 7) is -1.13. The van der Waals surface area contributed by atoms with Gasteiger partial charge in [0.1, 0.15) is 17.8 Å². The minimum Gasteiger partial charge on any atom is -0.508 e. The lowest BCUT2D eigenvalue weighted by molar-refractivity contribution is -0.337. The van der Waals surface area contributed by atoms with Crippen molar-refractivity contribution in [3.63, 3.8) is 0 Å². The van der Waals surface area contributed by atoms with Crippen molar-refractivity contribution in [2.45, 2.75) is 61.9 Å². The van der Waals surface area contributed by atoms with Crippen molar-refractivity contribution in [3.05, 3.63) is 65.7 Å². The maximum atomic E-state index is 15.9. The van der Waals surface area contributed by atoms with Gasteiger partial charge in [-0.1, -0.05) is 51.4 Å². The summed E-state index contributed by atoms with van der Waals surface area (Å²) in [5, 5.41) is 21.0. The summed E-state index contributed by atoms with van der Waals surface area (Å²) in [5.74, 6) is -19.6. The summed E-state index contributed by atoms with van der Waals surface area (Å²) < 4.78 is 74.9. The number of amides is 4. The third kappa shape index (κ3) is 10.6. The third-order valence-corrected chi connectivity index (χ3v) is 8.11. The van der Waals surface area contributed by atoms with E-state index in [0.717, 1.165) is 23.9 Å². The van der Waals surface area contributed by atoms with Crippen LogP contribution in [0.2, 0.25) is 0 Å². The molecule has 0 heterocycles. The van der Waals surface area contributed by atoms with E-state index in [1.807, 2.05) is 5.32 Å². The van der Waals surface area contributed by atoms with E-state index in [0.29, 0.717) is 24.1 Å². The molecule has 4 atom stereocenters. The van der Waals surface area contributed by atoms with Crippen molar-refractivity contribution in [3.8, 4) is 5.75 Å². The van der Waals surface area contributed by atoms with E-state index in [9.17, 15) is 43.1 Å². The van der Waals surface area contributed by atoms with Gasteiger partial charge < -0.3 is 32.3 Å². The molecule has 0 unspecified atom stereocenters. The van der Waals surface area contributed by atoms with Gasteiger partial charge in [0.05, 0.1) is 17.9 Å². The molecular formula is C31H39F5N6O7S. The van der Waals surface area contributed by atoms with Gasteiger partial charge in [0.15, 0.2) is 0 Å². The van der Waals surface area contributed by atoms with Gasteiger partial charge in [-0.15, -0.1) is 0 Å². The van der Waals surface area contributed by atoms with Gasteiger partial charge in [-0.2, -0.15) is 20.5 Å². The summed E-state index contributed by atoms with van der Waals surface area (Å²) in [5.41, 5.74) is 10.7. The van der Waals surface area contributed by atoms with Crippen molar-refractivity contribution >= 4 is 41.4 Å². The zero-order valence-electron chi connectivity index (χ0n) is 26.9. The number of thioether (sulfide) groups is 1. The van der Waals surface area contributed by atoms with Gasteiger partial charge in [0.25, 0.3) is 5.91 Å². The predicted molar refractivity (Wildman–Crippen MR) is 172 cm³/mol. The van der Waals surface area contributed by atoms with Crippen LogP contribution in [0.1, 0.15) is 36.8 Å². The molecule has 0 aliphatic heterocycles. The van der Waals surface area contributed by atoms with Crippen molar-refractivity contribution in [1.29, 1.82) is 0 Å². The Kier molecular flexibility index (Phi) is 16.0. The van der Waals surface area contributed by atoms with E-state index in [4.69, 9.17) is 11.5 Å². The number of carbonyl (C=O) groups excluding carboxylic acids is 4. The van der Waals surface area contributed by atoms with Gasteiger partial charge in [-0.25, -0.2) is 9.18 Å². The van der Waals surface area contributed by atoms with Crippen molar-refractivity contribution in [1.82, 2.24) is 20.9 Å². The molecule has 2 aromatic carbocycles. The lowest BCUT2D eigenvalue weighted by atomic mass is 9.96. The van der Waals surface area contributed by atoms with E-state index < -0.39 is 88.2 Å². The van der Waals surface area contributed by atoms with Crippen LogP contribution in [0.15, 0.2) is 54.6 Å². The summed E-state index contributed by atoms with van der Waals surface area (Å²) in [4.78, 5) is 64.4. The topological polar surface area (TPSA) is 208 Å². The summed E-state index contributed by atoms with van der Waals surface area (Å²) >= 11 is 0.992. The molecule has 13 nitrogen and oxygen atoms in total. The lowest BCUT2D eigenvalue weighted by Gasteiger charge is -2.37. The number of carboxylic acids is 1. The molecule has 19 heteroatoms. The number of aliphatic carboxylic acids is 1. The Bertz CT molecular complexity index is 1460. The highest BCUT2D eigenvalue weighted by Crippen LogP contribution is 2.46. The first-order valence-electron chi connectivity index (χ1n) is 15.2. The smallest absolute Gasteiger partial charge is 0.365 e. The van der Waals surface area contributed by atoms with Gasteiger partial charge in [-0.3, -0.25) is 24.1 Å². The maximum Gasteiger partial charge on any atom is 0.365 e. The summed E-state index contributed by atoms with van der Waals surface area (Å²) in [7, 11) is 0. The van der Waals surface area contributed by atoms with Crippen molar-refractivity contribution in [2.24, 2.45) is 11.5 Å². The van der Waals surface area contributed by atoms with E-state index in [1.54, 1.807) is 0 Å². The number of phenolic OH excluding ortho intramolecular Hbond substituents is 1. The Morgan fingerprint density at radius 2 is 1.56 bits per heavy atom. The summed E-state index contributed by atoms with van der Waals surface area (Å²) in [6, 6.07) is 5.01. The molecule has 0 fully saturated rings. The molecule has 2 rings (SSSR count). The molecule has 0 bridgehead atoms. The molecule has 0 aliphatic carbocycles. The third-order valence-electron chi connectivity index (χ3n) is 7.47. The molecule has 276 valence electrons. The van der Waals surface area contributed by atoms with E-state index in [2.05, 4.69) is 5.32 Å². The first-order chi connectivity index (χ1) is 23.5. The number of hydrogen-bond donors (Lipinski definition) is 6. The van der Waals surface area contributed by atoms with Crippen LogP contribution in [0.25, 0.3) is 0 Å². The molecule has 0 aromatic heterocycles. The van der Waals surface area contributed by atoms with Gasteiger partial charge in [0.2, 0.25) is 17.7 Å². The zero-order valence-corrected chi connectivity index (χ0v) is 27.7. The first-order valence-corrected chi connectivity index (χ1v) is 16.6. The molecule has 8 N–H and O–H groups in total. The number of benzene rings is 2. The number of imide groups is 1. The van der Waals surface area contributed by atoms with Crippen LogP contribution in [0.3, 0.4) is 0 Å². The zero-order chi connectivity index (χ0) is 37.6. The molecule has 2 aromatic rings. The lowest BCUT2D eigenvalue weighted by Crippen LogP contribution is -2.65. The Morgan fingerprint density at radius 3 is 2.10 bits per heavy atom. The number of unbranched alkanes of at least 4 members (excludes halogenated alkanes) is 1. The highest BCUT2D eigenvalue weighted by atomic mass is 32.2. The average molecular weight is 735 g/mol. The molecule has 0 saturated heterocycles. The highest BCUT2D eigenvalue weighted by molar-refractivity contribution is 7.98. The van der Waals surface area contributed by atoms with Gasteiger partial charge in [0, 0.05) is 5.56 Å². The molecular weight excluding hydrogens is 695 g/mol.